The Morgan fingerprint density at radius 1 is 1.11 bits per heavy atom. The predicted molar refractivity (Wildman–Crippen MR) is 148 cm³/mol. The van der Waals surface area contributed by atoms with Crippen LogP contribution < -0.4 is 5.32 Å². The van der Waals surface area contributed by atoms with Gasteiger partial charge < -0.3 is 0 Å². The first-order chi connectivity index (χ1) is 17.7. The third-order valence-corrected chi connectivity index (χ3v) is 7.89. The van der Waals surface area contributed by atoms with Crippen molar-refractivity contribution >= 4 is 16.7 Å². The van der Waals surface area contributed by atoms with E-state index < -0.39 is 12.2 Å². The van der Waals surface area contributed by atoms with Crippen LogP contribution in [-0.2, 0) is 6.54 Å². The number of hydrogen-bond donors (Lipinski definition) is 1. The smallest absolute Gasteiger partial charge is 0.299 e. The van der Waals surface area contributed by atoms with Crippen molar-refractivity contribution < 1.29 is 13.2 Å². The predicted octanol–water partition coefficient (Wildman–Crippen LogP) is 9.10. The van der Waals surface area contributed by atoms with Crippen molar-refractivity contribution in [3.05, 3.63) is 83.7 Å². The summed E-state index contributed by atoms with van der Waals surface area (Å²) in [7, 11) is 0. The first kappa shape index (κ1) is 27.4. The Labute approximate surface area is 219 Å². The second-order valence-electron chi connectivity index (χ2n) is 10.6. The Balaban J connectivity index is 1.64. The third kappa shape index (κ3) is 6.62. The number of aromatic nitrogens is 1. The fourth-order valence-corrected chi connectivity index (χ4v) is 5.50. The van der Waals surface area contributed by atoms with Crippen molar-refractivity contribution in [3.63, 3.8) is 0 Å². The minimum absolute atomic E-state index is 0.0715. The molecule has 0 bridgehead atoms. The second kappa shape index (κ2) is 11.8. The van der Waals surface area contributed by atoms with Crippen LogP contribution in [0.5, 0.6) is 0 Å². The zero-order valence-corrected chi connectivity index (χ0v) is 22.1. The van der Waals surface area contributed by atoms with Crippen molar-refractivity contribution in [2.24, 2.45) is 5.92 Å². The topological polar surface area (TPSA) is 24.9 Å². The quantitative estimate of drug-likeness (QED) is 0.306. The summed E-state index contributed by atoms with van der Waals surface area (Å²) in [6.07, 6.45) is 7.66. The maximum absolute atomic E-state index is 13.0. The molecule has 1 unspecified atom stereocenters. The number of halogens is 3. The molecule has 1 N–H and O–H groups in total. The van der Waals surface area contributed by atoms with Gasteiger partial charge in [-0.15, -0.1) is 6.58 Å². The molecule has 2 fully saturated rings. The molecule has 37 heavy (non-hydrogen) atoms. The van der Waals surface area contributed by atoms with Crippen LogP contribution in [0.15, 0.2) is 55.8 Å². The largest absolute Gasteiger partial charge is 0.407 e. The highest BCUT2D eigenvalue weighted by Gasteiger charge is 2.37. The molecule has 0 saturated heterocycles. The molecule has 2 aliphatic rings. The fourth-order valence-electron chi connectivity index (χ4n) is 5.50. The molecule has 0 spiro atoms. The van der Waals surface area contributed by atoms with E-state index in [1.165, 1.54) is 66.4 Å². The van der Waals surface area contributed by atoms with Gasteiger partial charge in [0, 0.05) is 12.7 Å². The first-order valence-electron chi connectivity index (χ1n) is 13.6. The lowest BCUT2D eigenvalue weighted by Crippen LogP contribution is -2.40. The first-order valence-corrected chi connectivity index (χ1v) is 13.6. The maximum Gasteiger partial charge on any atom is 0.407 e. The molecule has 4 rings (SSSR count). The van der Waals surface area contributed by atoms with Gasteiger partial charge in [-0.1, -0.05) is 63.1 Å². The van der Waals surface area contributed by atoms with E-state index in [4.69, 9.17) is 0 Å². The molecule has 0 radical (unpaired) electrons. The van der Waals surface area contributed by atoms with Gasteiger partial charge in [0.05, 0.1) is 5.69 Å². The van der Waals surface area contributed by atoms with Gasteiger partial charge in [-0.05, 0) is 95.9 Å². The summed E-state index contributed by atoms with van der Waals surface area (Å²) < 4.78 is 39.0. The van der Waals surface area contributed by atoms with Crippen LogP contribution in [0.25, 0.3) is 16.7 Å². The molecule has 5 heteroatoms. The summed E-state index contributed by atoms with van der Waals surface area (Å²) in [4.78, 5) is 4.65. The van der Waals surface area contributed by atoms with Crippen molar-refractivity contribution in [2.45, 2.75) is 89.9 Å². The monoisotopic (exact) mass is 508 g/mol. The van der Waals surface area contributed by atoms with E-state index in [9.17, 15) is 13.2 Å². The Morgan fingerprint density at radius 2 is 1.84 bits per heavy atom. The Kier molecular flexibility index (Phi) is 8.74. The summed E-state index contributed by atoms with van der Waals surface area (Å²) in [5.41, 5.74) is 9.20. The van der Waals surface area contributed by atoms with Gasteiger partial charge in [-0.3, -0.25) is 10.3 Å². The highest BCUT2D eigenvalue weighted by molar-refractivity contribution is 5.93. The zero-order chi connectivity index (χ0) is 26.6. The highest BCUT2D eigenvalue weighted by Crippen LogP contribution is 2.45. The van der Waals surface area contributed by atoms with E-state index in [0.29, 0.717) is 17.4 Å². The van der Waals surface area contributed by atoms with Crippen LogP contribution in [0.3, 0.4) is 0 Å². The van der Waals surface area contributed by atoms with Crippen molar-refractivity contribution in [3.8, 4) is 0 Å². The summed E-state index contributed by atoms with van der Waals surface area (Å²) in [5, 5.41) is 2.50. The Morgan fingerprint density at radius 3 is 2.41 bits per heavy atom. The molecule has 1 aromatic carbocycles. The second-order valence-corrected chi connectivity index (χ2v) is 10.6. The van der Waals surface area contributed by atoms with Crippen LogP contribution in [0.4, 0.5) is 13.2 Å². The maximum atomic E-state index is 13.0. The van der Waals surface area contributed by atoms with Crippen LogP contribution >= 0.6 is 0 Å². The van der Waals surface area contributed by atoms with Crippen LogP contribution in [0.2, 0.25) is 0 Å². The van der Waals surface area contributed by atoms with Gasteiger partial charge in [0.25, 0.3) is 0 Å². The molecular formula is C32H39F3N2. The zero-order valence-electron chi connectivity index (χ0n) is 22.1. The van der Waals surface area contributed by atoms with E-state index in [0.717, 1.165) is 30.2 Å². The number of nitrogens with one attached hydrogen (secondary N) is 1. The molecule has 1 heterocycles. The average molecular weight is 509 g/mol. The van der Waals surface area contributed by atoms with E-state index in [2.05, 4.69) is 55.5 Å². The fraction of sp³-hybridized carbons (Fsp3) is 0.469. The molecule has 1 aromatic heterocycles. The number of rotatable bonds is 11. The van der Waals surface area contributed by atoms with E-state index >= 15 is 0 Å². The van der Waals surface area contributed by atoms with E-state index in [-0.39, 0.29) is 6.54 Å². The molecule has 1 atom stereocenters. The number of pyridine rings is 1. The van der Waals surface area contributed by atoms with Gasteiger partial charge >= 0.3 is 6.18 Å². The number of allylic oxidation sites excluding steroid dienone is 3. The van der Waals surface area contributed by atoms with Crippen LogP contribution in [0.1, 0.15) is 99.1 Å². The average Bonchev–Trinajstić information content (AvgIpc) is 3.59. The van der Waals surface area contributed by atoms with Crippen LogP contribution in [-0.4, -0.2) is 17.2 Å². The summed E-state index contributed by atoms with van der Waals surface area (Å²) >= 11 is 0. The molecule has 0 aliphatic heterocycles. The lowest BCUT2D eigenvalue weighted by molar-refractivity contribution is -0.144. The molecule has 198 valence electrons. The number of hydrogen-bond acceptors (Lipinski definition) is 2. The standard InChI is InChI=1S/C32H39F3N2/c1-5-9-27(22(4)30-17-12-23(19-36-30)20-37-31(6-2)32(33,34)35)28-16-15-26(25-13-14-25)18-29(28)21(3)24-10-7-8-11-24/h6,12,15-19,24-25,31,37H,2-3,5,7-11,13-14,20H2,1,4H3. The molecular weight excluding hydrogens is 469 g/mol. The van der Waals surface area contributed by atoms with Crippen molar-refractivity contribution in [1.82, 2.24) is 10.3 Å². The Hall–Kier alpha value is -2.66. The number of nitrogens with zero attached hydrogens (tertiary/aromatic N) is 1. The van der Waals surface area contributed by atoms with Gasteiger partial charge in [-0.2, -0.15) is 13.2 Å². The molecule has 2 nitrogen and oxygen atoms in total. The van der Waals surface area contributed by atoms with Crippen molar-refractivity contribution in [1.29, 1.82) is 0 Å². The molecule has 2 aromatic rings. The lowest BCUT2D eigenvalue weighted by Gasteiger charge is -2.22. The van der Waals surface area contributed by atoms with Crippen molar-refractivity contribution in [2.75, 3.05) is 0 Å². The molecule has 2 saturated carbocycles. The molecule has 0 amide bonds. The SMILES string of the molecule is C=CC(NCc1ccc(C(C)=C(CCC)c2ccc(C3CC3)cc2C(=C)C2CCCC2)nc1)C(F)(F)F. The minimum atomic E-state index is -4.36. The minimum Gasteiger partial charge on any atom is -0.299 e. The summed E-state index contributed by atoms with van der Waals surface area (Å²) in [5.74, 6) is 1.24. The van der Waals surface area contributed by atoms with E-state index in [1.807, 2.05) is 12.1 Å². The summed E-state index contributed by atoms with van der Waals surface area (Å²) in [6, 6.07) is 9.02. The lowest BCUT2D eigenvalue weighted by atomic mass is 9.83. The summed E-state index contributed by atoms with van der Waals surface area (Å²) in [6.45, 7) is 12.3. The van der Waals surface area contributed by atoms with Gasteiger partial charge in [-0.25, -0.2) is 0 Å². The third-order valence-electron chi connectivity index (χ3n) is 7.89. The Bertz CT molecular complexity index is 1130. The highest BCUT2D eigenvalue weighted by atomic mass is 19.4. The molecule has 2 aliphatic carbocycles. The number of benzene rings is 1. The van der Waals surface area contributed by atoms with Gasteiger partial charge in [0.15, 0.2) is 0 Å². The van der Waals surface area contributed by atoms with Gasteiger partial charge in [0.2, 0.25) is 0 Å². The van der Waals surface area contributed by atoms with Crippen LogP contribution in [0, 0.1) is 5.92 Å². The van der Waals surface area contributed by atoms with E-state index in [1.54, 1.807) is 6.20 Å². The normalized spacial score (nSPS) is 18.0. The number of alkyl halides is 3. The van der Waals surface area contributed by atoms with Gasteiger partial charge in [0.1, 0.15) is 6.04 Å².